The van der Waals surface area contributed by atoms with Crippen LogP contribution >= 0.6 is 0 Å². The molecule has 0 spiro atoms. The lowest BCUT2D eigenvalue weighted by Gasteiger charge is -2.44. The molecular formula is C20H29NO3. The summed E-state index contributed by atoms with van der Waals surface area (Å²) < 4.78 is 10.9. The van der Waals surface area contributed by atoms with E-state index in [2.05, 4.69) is 26.0 Å². The summed E-state index contributed by atoms with van der Waals surface area (Å²) in [5.74, 6) is 1.50. The zero-order valence-electron chi connectivity index (χ0n) is 15.1. The van der Waals surface area contributed by atoms with Crippen LogP contribution in [-0.4, -0.2) is 43.2 Å². The minimum Gasteiger partial charge on any atom is -0.497 e. The molecule has 1 aromatic rings. The van der Waals surface area contributed by atoms with Gasteiger partial charge in [0.2, 0.25) is 5.91 Å². The molecule has 132 valence electrons. The monoisotopic (exact) mass is 331 g/mol. The van der Waals surface area contributed by atoms with Crippen molar-refractivity contribution in [3.05, 3.63) is 29.8 Å². The quantitative estimate of drug-likeness (QED) is 0.846. The number of methoxy groups -OCH3 is 1. The van der Waals surface area contributed by atoms with Gasteiger partial charge in [-0.05, 0) is 50.3 Å². The number of morpholine rings is 1. The van der Waals surface area contributed by atoms with Crippen LogP contribution in [0, 0.1) is 5.92 Å². The van der Waals surface area contributed by atoms with Crippen LogP contribution < -0.4 is 4.74 Å². The molecule has 0 bridgehead atoms. The molecule has 1 aromatic carbocycles. The normalized spacial score (nSPS) is 22.4. The molecule has 1 heterocycles. The maximum Gasteiger partial charge on any atom is 0.230 e. The molecule has 24 heavy (non-hydrogen) atoms. The summed E-state index contributed by atoms with van der Waals surface area (Å²) in [4.78, 5) is 15.5. The van der Waals surface area contributed by atoms with Crippen molar-refractivity contribution >= 4 is 5.91 Å². The average molecular weight is 331 g/mol. The lowest BCUT2D eigenvalue weighted by atomic mass is 9.82. The molecule has 1 saturated carbocycles. The second-order valence-corrected chi connectivity index (χ2v) is 7.65. The topological polar surface area (TPSA) is 38.8 Å². The Morgan fingerprint density at radius 3 is 2.50 bits per heavy atom. The Hall–Kier alpha value is -1.55. The van der Waals surface area contributed by atoms with E-state index in [9.17, 15) is 4.79 Å². The van der Waals surface area contributed by atoms with Crippen LogP contribution in [0.15, 0.2) is 24.3 Å². The van der Waals surface area contributed by atoms with Gasteiger partial charge < -0.3 is 14.4 Å². The summed E-state index contributed by atoms with van der Waals surface area (Å²) in [6.45, 7) is 6.13. The summed E-state index contributed by atoms with van der Waals surface area (Å²) in [6.07, 6.45) is 4.76. The van der Waals surface area contributed by atoms with Gasteiger partial charge in [0.15, 0.2) is 0 Å². The van der Waals surface area contributed by atoms with Gasteiger partial charge in [-0.3, -0.25) is 4.79 Å². The molecule has 1 saturated heterocycles. The SMILES string of the molecule is COc1ccc(C(C(=O)N2CCOCC2(C)C)C2CCCC2)cc1. The first-order valence-electron chi connectivity index (χ1n) is 9.06. The highest BCUT2D eigenvalue weighted by molar-refractivity contribution is 5.85. The lowest BCUT2D eigenvalue weighted by molar-refractivity contribution is -0.149. The first kappa shape index (κ1) is 17.3. The second kappa shape index (κ2) is 7.14. The molecular weight excluding hydrogens is 302 g/mol. The van der Waals surface area contributed by atoms with Crippen LogP contribution in [0.1, 0.15) is 51.0 Å². The van der Waals surface area contributed by atoms with Crippen molar-refractivity contribution in [2.45, 2.75) is 51.0 Å². The number of hydrogen-bond donors (Lipinski definition) is 0. The van der Waals surface area contributed by atoms with Crippen molar-refractivity contribution in [2.75, 3.05) is 26.9 Å². The Kier molecular flexibility index (Phi) is 5.14. The van der Waals surface area contributed by atoms with Gasteiger partial charge >= 0.3 is 0 Å². The smallest absolute Gasteiger partial charge is 0.230 e. The van der Waals surface area contributed by atoms with Crippen LogP contribution in [0.25, 0.3) is 0 Å². The summed E-state index contributed by atoms with van der Waals surface area (Å²) in [7, 11) is 1.67. The molecule has 4 nitrogen and oxygen atoms in total. The fourth-order valence-corrected chi connectivity index (χ4v) is 4.15. The molecule has 0 aromatic heterocycles. The highest BCUT2D eigenvalue weighted by atomic mass is 16.5. The maximum atomic E-state index is 13.5. The minimum atomic E-state index is -0.237. The average Bonchev–Trinajstić information content (AvgIpc) is 3.09. The zero-order chi connectivity index (χ0) is 17.2. The maximum absolute atomic E-state index is 13.5. The van der Waals surface area contributed by atoms with Crippen molar-refractivity contribution in [1.29, 1.82) is 0 Å². The number of carbonyl (C=O) groups is 1. The first-order chi connectivity index (χ1) is 11.5. The number of rotatable bonds is 4. The molecule has 0 radical (unpaired) electrons. The lowest BCUT2D eigenvalue weighted by Crippen LogP contribution is -2.57. The van der Waals surface area contributed by atoms with Crippen LogP contribution in [0.4, 0.5) is 0 Å². The molecule has 2 fully saturated rings. The van der Waals surface area contributed by atoms with Gasteiger partial charge in [-0.1, -0.05) is 25.0 Å². The van der Waals surface area contributed by atoms with E-state index in [1.807, 2.05) is 17.0 Å². The molecule has 4 heteroatoms. The van der Waals surface area contributed by atoms with E-state index in [-0.39, 0.29) is 17.4 Å². The summed E-state index contributed by atoms with van der Waals surface area (Å²) in [5.41, 5.74) is 0.883. The van der Waals surface area contributed by atoms with E-state index in [1.165, 1.54) is 12.8 Å². The second-order valence-electron chi connectivity index (χ2n) is 7.65. The Morgan fingerprint density at radius 2 is 1.92 bits per heavy atom. The number of hydrogen-bond acceptors (Lipinski definition) is 3. The number of nitrogens with zero attached hydrogens (tertiary/aromatic N) is 1. The van der Waals surface area contributed by atoms with Gasteiger partial charge in [-0.25, -0.2) is 0 Å². The molecule has 1 aliphatic heterocycles. The third-order valence-corrected chi connectivity index (χ3v) is 5.52. The Bertz CT molecular complexity index is 561. The van der Waals surface area contributed by atoms with Gasteiger partial charge in [0.05, 0.1) is 31.8 Å². The Labute approximate surface area is 145 Å². The highest BCUT2D eigenvalue weighted by Gasteiger charge is 2.41. The predicted octanol–water partition coefficient (Wildman–Crippen LogP) is 3.61. The van der Waals surface area contributed by atoms with Crippen LogP contribution in [0.5, 0.6) is 5.75 Å². The number of ether oxygens (including phenoxy) is 2. The molecule has 0 N–H and O–H groups in total. The van der Waals surface area contributed by atoms with Crippen molar-refractivity contribution in [2.24, 2.45) is 5.92 Å². The van der Waals surface area contributed by atoms with E-state index in [4.69, 9.17) is 9.47 Å². The fraction of sp³-hybridized carbons (Fsp3) is 0.650. The van der Waals surface area contributed by atoms with Gasteiger partial charge in [0.1, 0.15) is 5.75 Å². The number of benzene rings is 1. The van der Waals surface area contributed by atoms with Gasteiger partial charge in [-0.15, -0.1) is 0 Å². The third-order valence-electron chi connectivity index (χ3n) is 5.52. The molecule has 1 unspecified atom stereocenters. The molecule has 1 atom stereocenters. The molecule has 3 rings (SSSR count). The number of carbonyl (C=O) groups excluding carboxylic acids is 1. The van der Waals surface area contributed by atoms with E-state index in [0.717, 1.165) is 24.2 Å². The van der Waals surface area contributed by atoms with Gasteiger partial charge in [0.25, 0.3) is 0 Å². The van der Waals surface area contributed by atoms with Crippen LogP contribution in [0.2, 0.25) is 0 Å². The third kappa shape index (κ3) is 3.44. The van der Waals surface area contributed by atoms with Crippen molar-refractivity contribution in [1.82, 2.24) is 4.90 Å². The van der Waals surface area contributed by atoms with Crippen LogP contribution in [0.3, 0.4) is 0 Å². The minimum absolute atomic E-state index is 0.0456. The standard InChI is InChI=1S/C20H29NO3/c1-20(2)14-24-13-12-21(20)19(22)18(15-6-4-5-7-15)16-8-10-17(23-3)11-9-16/h8-11,15,18H,4-7,12-14H2,1-3H3. The summed E-state index contributed by atoms with van der Waals surface area (Å²) in [6, 6.07) is 8.06. The largest absolute Gasteiger partial charge is 0.497 e. The van der Waals surface area contributed by atoms with Crippen LogP contribution in [-0.2, 0) is 9.53 Å². The fourth-order valence-electron chi connectivity index (χ4n) is 4.15. The predicted molar refractivity (Wildman–Crippen MR) is 94.3 cm³/mol. The Morgan fingerprint density at radius 1 is 1.25 bits per heavy atom. The van der Waals surface area contributed by atoms with E-state index in [0.29, 0.717) is 25.7 Å². The van der Waals surface area contributed by atoms with Gasteiger partial charge in [0, 0.05) is 6.54 Å². The molecule has 2 aliphatic rings. The van der Waals surface area contributed by atoms with Crippen molar-refractivity contribution < 1.29 is 14.3 Å². The van der Waals surface area contributed by atoms with E-state index >= 15 is 0 Å². The van der Waals surface area contributed by atoms with E-state index in [1.54, 1.807) is 7.11 Å². The van der Waals surface area contributed by atoms with Crippen molar-refractivity contribution in [3.63, 3.8) is 0 Å². The molecule has 1 amide bonds. The van der Waals surface area contributed by atoms with Gasteiger partial charge in [-0.2, -0.15) is 0 Å². The van der Waals surface area contributed by atoms with E-state index < -0.39 is 0 Å². The first-order valence-corrected chi connectivity index (χ1v) is 9.06. The highest BCUT2D eigenvalue weighted by Crippen LogP contribution is 2.40. The summed E-state index contributed by atoms with van der Waals surface area (Å²) in [5, 5.41) is 0. The van der Waals surface area contributed by atoms with Crippen molar-refractivity contribution in [3.8, 4) is 5.75 Å². The number of amides is 1. The zero-order valence-corrected chi connectivity index (χ0v) is 15.1. The Balaban J connectivity index is 1.90. The molecule has 1 aliphatic carbocycles. The summed E-state index contributed by atoms with van der Waals surface area (Å²) >= 11 is 0.